The number of likely N-dealkylation sites (tertiary alicyclic amines) is 1. The number of hydrogen-bond donors (Lipinski definition) is 1. The molecule has 2 aromatic heterocycles. The summed E-state index contributed by atoms with van der Waals surface area (Å²) in [5.41, 5.74) is 1.76. The van der Waals surface area contributed by atoms with Crippen LogP contribution in [0.2, 0.25) is 0 Å². The molecule has 0 aromatic carbocycles. The lowest BCUT2D eigenvalue weighted by Crippen LogP contribution is -2.45. The summed E-state index contributed by atoms with van der Waals surface area (Å²) in [5.74, 6) is 0.568. The molecule has 1 aliphatic carbocycles. The molecule has 2 aromatic rings. The van der Waals surface area contributed by atoms with Crippen LogP contribution in [0.3, 0.4) is 0 Å². The number of hydrogen-bond acceptors (Lipinski definition) is 3. The predicted molar refractivity (Wildman–Crippen MR) is 114 cm³/mol. The molecule has 0 saturated carbocycles. The van der Waals surface area contributed by atoms with E-state index in [-0.39, 0.29) is 12.4 Å². The first-order valence-electron chi connectivity index (χ1n) is 10.4. The Labute approximate surface area is 173 Å². The second-order valence-corrected chi connectivity index (χ2v) is 8.41. The van der Waals surface area contributed by atoms with Gasteiger partial charge in [-0.2, -0.15) is 0 Å². The molecule has 156 valence electrons. The molecule has 1 fully saturated rings. The lowest BCUT2D eigenvalue weighted by Gasteiger charge is -2.34. The van der Waals surface area contributed by atoms with Gasteiger partial charge in [0.25, 0.3) is 0 Å². The maximum atomic E-state index is 15.7. The molecule has 3 aliphatic rings. The van der Waals surface area contributed by atoms with Crippen LogP contribution in [0.4, 0.5) is 14.6 Å². The minimum absolute atomic E-state index is 0.237. The highest BCUT2D eigenvalue weighted by Gasteiger charge is 2.34. The largest absolute Gasteiger partial charge is 0.346 e. The topological polar surface area (TPSA) is 49.2 Å². The van der Waals surface area contributed by atoms with Gasteiger partial charge >= 0.3 is 0 Å². The second kappa shape index (κ2) is 7.47. The lowest BCUT2D eigenvalue weighted by molar-refractivity contribution is 0.0524. The first-order chi connectivity index (χ1) is 14.5. The van der Waals surface area contributed by atoms with E-state index in [1.165, 1.54) is 6.08 Å². The van der Waals surface area contributed by atoms with Gasteiger partial charge in [-0.3, -0.25) is 0 Å². The minimum atomic E-state index is -1.26. The number of rotatable bonds is 2. The van der Waals surface area contributed by atoms with Crippen molar-refractivity contribution in [1.29, 1.82) is 0 Å². The molecule has 0 unspecified atom stereocenters. The van der Waals surface area contributed by atoms with E-state index < -0.39 is 5.67 Å². The number of allylic oxidation sites excluding steroid dienone is 4. The molecule has 1 N–H and O–H groups in total. The lowest BCUT2D eigenvalue weighted by atomic mass is 9.93. The van der Waals surface area contributed by atoms with Crippen molar-refractivity contribution in [2.24, 2.45) is 4.99 Å². The van der Waals surface area contributed by atoms with E-state index >= 15 is 4.39 Å². The maximum absolute atomic E-state index is 15.7. The van der Waals surface area contributed by atoms with E-state index in [9.17, 15) is 4.39 Å². The zero-order valence-electron chi connectivity index (χ0n) is 17.0. The number of H-pyrrole nitrogens is 1. The van der Waals surface area contributed by atoms with Gasteiger partial charge in [-0.25, -0.2) is 18.8 Å². The van der Waals surface area contributed by atoms with Gasteiger partial charge in [-0.05, 0) is 55.7 Å². The molecule has 30 heavy (non-hydrogen) atoms. The molecular weight excluding hydrogens is 384 g/mol. The van der Waals surface area contributed by atoms with Crippen molar-refractivity contribution in [3.8, 4) is 0 Å². The Morgan fingerprint density at radius 2 is 2.03 bits per heavy atom. The number of halogens is 2. The molecule has 0 spiro atoms. The average Bonchev–Trinajstić information content (AvgIpc) is 3.38. The summed E-state index contributed by atoms with van der Waals surface area (Å²) < 4.78 is 31.2. The van der Waals surface area contributed by atoms with Gasteiger partial charge in [-0.15, -0.1) is 0 Å². The van der Waals surface area contributed by atoms with E-state index in [1.54, 1.807) is 18.5 Å². The maximum Gasteiger partial charge on any atom is 0.137 e. The summed E-state index contributed by atoms with van der Waals surface area (Å²) in [6.07, 6.45) is 12.4. The number of aromatic amines is 1. The zero-order valence-corrected chi connectivity index (χ0v) is 17.0. The zero-order chi connectivity index (χ0) is 20.7. The fourth-order valence-electron chi connectivity index (χ4n) is 4.51. The highest BCUT2D eigenvalue weighted by molar-refractivity contribution is 5.88. The number of nitrogens with one attached hydrogen (secondary N) is 1. The van der Waals surface area contributed by atoms with Crippen molar-refractivity contribution >= 4 is 23.2 Å². The van der Waals surface area contributed by atoms with Crippen LogP contribution >= 0.6 is 0 Å². The molecule has 5 nitrogen and oxygen atoms in total. The van der Waals surface area contributed by atoms with E-state index in [1.807, 2.05) is 30.1 Å². The van der Waals surface area contributed by atoms with Crippen LogP contribution in [-0.4, -0.2) is 51.5 Å². The van der Waals surface area contributed by atoms with Crippen molar-refractivity contribution in [2.75, 3.05) is 20.1 Å². The Bertz CT molecular complexity index is 1170. The monoisotopic (exact) mass is 409 g/mol. The predicted octanol–water partition coefficient (Wildman–Crippen LogP) is 2.91. The third kappa shape index (κ3) is 3.47. The Morgan fingerprint density at radius 3 is 2.80 bits per heavy atom. The third-order valence-corrected chi connectivity index (χ3v) is 6.29. The molecule has 1 saturated heterocycles. The van der Waals surface area contributed by atoms with Crippen molar-refractivity contribution in [3.63, 3.8) is 0 Å². The molecule has 5 rings (SSSR count). The van der Waals surface area contributed by atoms with Crippen molar-refractivity contribution in [3.05, 3.63) is 58.9 Å². The van der Waals surface area contributed by atoms with Gasteiger partial charge in [0.05, 0.1) is 23.6 Å². The fraction of sp³-hybridized carbons (Fsp3) is 0.391. The highest BCUT2D eigenvalue weighted by Crippen LogP contribution is 2.30. The van der Waals surface area contributed by atoms with Crippen molar-refractivity contribution in [2.45, 2.75) is 37.9 Å². The summed E-state index contributed by atoms with van der Waals surface area (Å²) in [4.78, 5) is 14.4. The Morgan fingerprint density at radius 1 is 1.20 bits per heavy atom. The number of nitrogens with zero attached hydrogens (tertiary/aromatic N) is 4. The second-order valence-electron chi connectivity index (χ2n) is 8.41. The van der Waals surface area contributed by atoms with Gasteiger partial charge in [0.15, 0.2) is 0 Å². The normalized spacial score (nSPS) is 24.7. The summed E-state index contributed by atoms with van der Waals surface area (Å²) in [7, 11) is 2.03. The van der Waals surface area contributed by atoms with Crippen LogP contribution in [0, 0.1) is 0 Å². The van der Waals surface area contributed by atoms with Crippen molar-refractivity contribution < 1.29 is 8.78 Å². The number of piperidine rings is 1. The SMILES string of the molecule is CN1CCC(F)(Cn2cnc(=C3C=CC(F)=CC3)c2=C2CC=Nc3[nH]ccc32)CC1. The summed E-state index contributed by atoms with van der Waals surface area (Å²) in [6, 6.07) is 2.00. The van der Waals surface area contributed by atoms with Crippen LogP contribution in [0.25, 0.3) is 11.1 Å². The molecule has 0 radical (unpaired) electrons. The van der Waals surface area contributed by atoms with Crippen LogP contribution in [0.1, 0.15) is 31.2 Å². The first kappa shape index (κ1) is 19.2. The van der Waals surface area contributed by atoms with Crippen LogP contribution in [0.5, 0.6) is 0 Å². The highest BCUT2D eigenvalue weighted by atomic mass is 19.1. The van der Waals surface area contributed by atoms with E-state index in [2.05, 4.69) is 19.9 Å². The molecular formula is C23H25F2N5. The van der Waals surface area contributed by atoms with Crippen LogP contribution in [0.15, 0.2) is 47.6 Å². The van der Waals surface area contributed by atoms with Gasteiger partial charge < -0.3 is 14.5 Å². The third-order valence-electron chi connectivity index (χ3n) is 6.29. The Hall–Kier alpha value is -2.80. The summed E-state index contributed by atoms with van der Waals surface area (Å²) >= 11 is 0. The molecule has 0 atom stereocenters. The first-order valence-corrected chi connectivity index (χ1v) is 10.4. The number of aromatic nitrogens is 3. The molecule has 0 amide bonds. The molecule has 2 aliphatic heterocycles. The van der Waals surface area contributed by atoms with Gasteiger partial charge in [0, 0.05) is 37.5 Å². The smallest absolute Gasteiger partial charge is 0.137 e. The number of fused-ring (bicyclic) bond motifs is 1. The summed E-state index contributed by atoms with van der Waals surface area (Å²) in [6.45, 7) is 1.77. The quantitative estimate of drug-likeness (QED) is 0.829. The van der Waals surface area contributed by atoms with Gasteiger partial charge in [0.1, 0.15) is 17.3 Å². The minimum Gasteiger partial charge on any atom is -0.346 e. The van der Waals surface area contributed by atoms with Crippen LogP contribution < -0.4 is 10.7 Å². The van der Waals surface area contributed by atoms with E-state index in [0.717, 1.165) is 46.3 Å². The number of alkyl halides is 1. The molecule has 7 heteroatoms. The number of aliphatic imine (C=N–C) groups is 1. The van der Waals surface area contributed by atoms with Crippen molar-refractivity contribution in [1.82, 2.24) is 19.4 Å². The molecule has 4 heterocycles. The Kier molecular flexibility index (Phi) is 4.77. The molecule has 0 bridgehead atoms. The Balaban J connectivity index is 1.69. The van der Waals surface area contributed by atoms with Crippen LogP contribution in [-0.2, 0) is 6.54 Å². The van der Waals surface area contributed by atoms with E-state index in [4.69, 9.17) is 0 Å². The van der Waals surface area contributed by atoms with Gasteiger partial charge in [0.2, 0.25) is 0 Å². The van der Waals surface area contributed by atoms with Gasteiger partial charge in [-0.1, -0.05) is 6.08 Å². The van der Waals surface area contributed by atoms with E-state index in [0.29, 0.717) is 25.7 Å². The number of imidazole rings is 1. The standard InChI is InChI=1S/C23H25F2N5/c1-29-12-8-23(25,9-13-29)14-30-15-28-20(16-2-4-17(24)5-3-16)21(30)18-6-10-26-22-19(18)7-11-27-22/h2,4-5,7,10-11,15,27H,3,6,8-9,12-14H2,1H3. The average molecular weight is 409 g/mol. The fourth-order valence-corrected chi connectivity index (χ4v) is 4.51. The summed E-state index contributed by atoms with van der Waals surface area (Å²) in [5, 5.41) is 1.71.